The number of carbonyl (C=O) groups excluding carboxylic acids is 4. The fraction of sp³-hybridized carbons (Fsp3) is 0.143. The summed E-state index contributed by atoms with van der Waals surface area (Å²) >= 11 is 0. The summed E-state index contributed by atoms with van der Waals surface area (Å²) in [6.07, 6.45) is 0. The molecule has 4 aromatic rings. The molecule has 0 N–H and O–H groups in total. The van der Waals surface area contributed by atoms with Gasteiger partial charge in [0, 0.05) is 16.5 Å². The number of hydrogen-bond acceptors (Lipinski definition) is 6. The van der Waals surface area contributed by atoms with E-state index in [0.717, 1.165) is 19.8 Å². The van der Waals surface area contributed by atoms with Crippen LogP contribution in [0.4, 0.5) is 0 Å². The Kier molecular flexibility index (Phi) is 5.13. The highest BCUT2D eigenvalue weighted by molar-refractivity contribution is 6.23. The van der Waals surface area contributed by atoms with Crippen LogP contribution in [-0.4, -0.2) is 42.4 Å². The highest BCUT2D eigenvalue weighted by atomic mass is 16.5. The topological polar surface area (TPSA) is 91.7 Å². The van der Waals surface area contributed by atoms with Crippen molar-refractivity contribution in [1.82, 2.24) is 4.57 Å². The zero-order chi connectivity index (χ0) is 24.9. The summed E-state index contributed by atoms with van der Waals surface area (Å²) in [5, 5.41) is 0.455. The first-order valence-corrected chi connectivity index (χ1v) is 10.9. The minimum atomic E-state index is -2.20. The van der Waals surface area contributed by atoms with Crippen LogP contribution in [0.15, 0.2) is 72.8 Å². The summed E-state index contributed by atoms with van der Waals surface area (Å²) in [4.78, 5) is 54.2. The van der Waals surface area contributed by atoms with Crippen molar-refractivity contribution >= 4 is 34.5 Å². The van der Waals surface area contributed by atoms with E-state index in [1.807, 2.05) is 30.3 Å². The molecule has 0 radical (unpaired) electrons. The van der Waals surface area contributed by atoms with E-state index in [1.165, 1.54) is 11.5 Å². The Morgan fingerprint density at radius 1 is 0.800 bits per heavy atom. The number of ether oxygens (including phenoxy) is 2. The molecule has 0 spiro atoms. The summed E-state index contributed by atoms with van der Waals surface area (Å²) in [6.45, 7) is 1.34. The van der Waals surface area contributed by atoms with Crippen LogP contribution in [-0.2, 0) is 24.5 Å². The van der Waals surface area contributed by atoms with Gasteiger partial charge in [-0.3, -0.25) is 23.7 Å². The molecule has 2 heterocycles. The zero-order valence-electron chi connectivity index (χ0n) is 19.3. The van der Waals surface area contributed by atoms with Crippen molar-refractivity contribution in [1.29, 1.82) is 0 Å². The van der Waals surface area contributed by atoms with Gasteiger partial charge in [0.05, 0.1) is 25.4 Å². The van der Waals surface area contributed by atoms with Crippen LogP contribution in [0, 0.1) is 0 Å². The summed E-state index contributed by atoms with van der Waals surface area (Å²) in [7, 11) is 2.31. The van der Waals surface area contributed by atoms with Gasteiger partial charge in [0.2, 0.25) is 5.41 Å². The summed E-state index contributed by atoms with van der Waals surface area (Å²) in [5.74, 6) is -2.76. The second-order valence-electron chi connectivity index (χ2n) is 8.30. The standard InChI is InChI=1S/C28H21NO6/c1-16(30)23-20-11-7-8-12-22(20)29-24(23)28(26(32)34-2,27(33)35-3)21-15-18(13-14-19(21)25(29)31)17-9-5-4-6-10-17/h4-15H,1-3H3. The van der Waals surface area contributed by atoms with E-state index in [0.29, 0.717) is 16.5 Å². The normalized spacial score (nSPS) is 13.6. The van der Waals surface area contributed by atoms with Gasteiger partial charge in [-0.05, 0) is 41.8 Å². The molecule has 0 bridgehead atoms. The van der Waals surface area contributed by atoms with Gasteiger partial charge in [-0.25, -0.2) is 0 Å². The van der Waals surface area contributed by atoms with Crippen molar-refractivity contribution in [3.05, 3.63) is 95.2 Å². The van der Waals surface area contributed by atoms with E-state index in [1.54, 1.807) is 42.5 Å². The van der Waals surface area contributed by atoms with Crippen molar-refractivity contribution in [3.63, 3.8) is 0 Å². The smallest absolute Gasteiger partial charge is 0.334 e. The number of hydrogen-bond donors (Lipinski definition) is 0. The fourth-order valence-electron chi connectivity index (χ4n) is 5.06. The number of carbonyl (C=O) groups is 4. The van der Waals surface area contributed by atoms with Gasteiger partial charge in [-0.2, -0.15) is 0 Å². The number of Topliss-reactive ketones (excluding diaryl/α,β-unsaturated/α-hetero) is 1. The second kappa shape index (κ2) is 8.06. The molecular formula is C28H21NO6. The third-order valence-corrected chi connectivity index (χ3v) is 6.53. The number of nitrogens with zero attached hydrogens (tertiary/aromatic N) is 1. The molecule has 7 heteroatoms. The average molecular weight is 467 g/mol. The Labute approximate surface area is 200 Å². The van der Waals surface area contributed by atoms with Crippen LogP contribution >= 0.6 is 0 Å². The van der Waals surface area contributed by atoms with Crippen LogP contribution in [0.2, 0.25) is 0 Å². The molecule has 0 aliphatic carbocycles. The molecule has 0 atom stereocenters. The lowest BCUT2D eigenvalue weighted by atomic mass is 9.70. The lowest BCUT2D eigenvalue weighted by Crippen LogP contribution is -2.52. The second-order valence-corrected chi connectivity index (χ2v) is 8.30. The van der Waals surface area contributed by atoms with Gasteiger partial charge in [0.15, 0.2) is 5.78 Å². The Morgan fingerprint density at radius 3 is 2.06 bits per heavy atom. The van der Waals surface area contributed by atoms with Gasteiger partial charge >= 0.3 is 11.9 Å². The lowest BCUT2D eigenvalue weighted by Gasteiger charge is -2.35. The Bertz CT molecular complexity index is 1530. The van der Waals surface area contributed by atoms with E-state index in [9.17, 15) is 19.2 Å². The average Bonchev–Trinajstić information content (AvgIpc) is 3.24. The van der Waals surface area contributed by atoms with Gasteiger partial charge < -0.3 is 9.47 Å². The third kappa shape index (κ3) is 2.91. The van der Waals surface area contributed by atoms with Gasteiger partial charge in [0.1, 0.15) is 0 Å². The van der Waals surface area contributed by atoms with Crippen LogP contribution in [0.3, 0.4) is 0 Å². The maximum absolute atomic E-state index is 13.9. The van der Waals surface area contributed by atoms with Gasteiger partial charge in [-0.1, -0.05) is 54.6 Å². The first-order valence-electron chi connectivity index (χ1n) is 10.9. The van der Waals surface area contributed by atoms with Crippen molar-refractivity contribution in [3.8, 4) is 11.1 Å². The van der Waals surface area contributed by atoms with Crippen molar-refractivity contribution in [2.24, 2.45) is 0 Å². The summed E-state index contributed by atoms with van der Waals surface area (Å²) in [5.41, 5.74) is 0.00919. The van der Waals surface area contributed by atoms with E-state index in [-0.39, 0.29) is 22.4 Å². The number of para-hydroxylation sites is 1. The Hall–Kier alpha value is -4.52. The molecule has 1 aliphatic rings. The quantitative estimate of drug-likeness (QED) is 0.254. The summed E-state index contributed by atoms with van der Waals surface area (Å²) < 4.78 is 11.6. The van der Waals surface area contributed by atoms with Gasteiger partial charge in [-0.15, -0.1) is 0 Å². The third-order valence-electron chi connectivity index (χ3n) is 6.53. The van der Waals surface area contributed by atoms with E-state index >= 15 is 0 Å². The molecule has 7 nitrogen and oxygen atoms in total. The Balaban J connectivity index is 2.00. The first-order chi connectivity index (χ1) is 16.9. The SMILES string of the molecule is COC(=O)C1(C(=O)OC)c2cc(-c3ccccc3)ccc2C(=O)n2c1c(C(C)=O)c1ccccc12. The van der Waals surface area contributed by atoms with Crippen molar-refractivity contribution in [2.75, 3.05) is 14.2 Å². The highest BCUT2D eigenvalue weighted by Crippen LogP contribution is 2.47. The molecule has 0 saturated heterocycles. The molecule has 0 fully saturated rings. The van der Waals surface area contributed by atoms with Crippen LogP contribution in [0.25, 0.3) is 22.0 Å². The molecule has 35 heavy (non-hydrogen) atoms. The molecular weight excluding hydrogens is 446 g/mol. The van der Waals surface area contributed by atoms with E-state index < -0.39 is 29.0 Å². The lowest BCUT2D eigenvalue weighted by molar-refractivity contribution is -0.159. The largest absolute Gasteiger partial charge is 0.468 e. The number of benzene rings is 3. The number of ketones is 1. The predicted octanol–water partition coefficient (Wildman–Crippen LogP) is 4.14. The summed E-state index contributed by atoms with van der Waals surface area (Å²) in [6, 6.07) is 21.1. The number of aromatic nitrogens is 1. The highest BCUT2D eigenvalue weighted by Gasteiger charge is 2.60. The van der Waals surface area contributed by atoms with Crippen LogP contribution < -0.4 is 0 Å². The van der Waals surface area contributed by atoms with Crippen molar-refractivity contribution < 1.29 is 28.7 Å². The molecule has 1 aliphatic heterocycles. The van der Waals surface area contributed by atoms with Gasteiger partial charge in [0.25, 0.3) is 5.91 Å². The number of rotatable bonds is 4. The molecule has 0 saturated carbocycles. The molecule has 1 aromatic heterocycles. The van der Waals surface area contributed by atoms with Crippen molar-refractivity contribution in [2.45, 2.75) is 12.3 Å². The minimum Gasteiger partial charge on any atom is -0.468 e. The molecule has 174 valence electrons. The molecule has 0 amide bonds. The van der Waals surface area contributed by atoms with E-state index in [2.05, 4.69) is 0 Å². The maximum Gasteiger partial charge on any atom is 0.334 e. The minimum absolute atomic E-state index is 0.0624. The van der Waals surface area contributed by atoms with E-state index in [4.69, 9.17) is 9.47 Å². The maximum atomic E-state index is 13.9. The Morgan fingerprint density at radius 2 is 1.43 bits per heavy atom. The first kappa shape index (κ1) is 22.3. The number of esters is 2. The number of methoxy groups -OCH3 is 2. The molecule has 0 unspecified atom stereocenters. The fourth-order valence-corrected chi connectivity index (χ4v) is 5.06. The van der Waals surface area contributed by atoms with Crippen LogP contribution in [0.5, 0.6) is 0 Å². The zero-order valence-corrected chi connectivity index (χ0v) is 19.3. The van der Waals surface area contributed by atoms with Crippen LogP contribution in [0.1, 0.15) is 38.9 Å². The number of fused-ring (bicyclic) bond motifs is 4. The molecule has 3 aromatic carbocycles. The molecule has 5 rings (SSSR count). The monoisotopic (exact) mass is 467 g/mol. The predicted molar refractivity (Wildman–Crippen MR) is 128 cm³/mol.